The highest BCUT2D eigenvalue weighted by molar-refractivity contribution is 5.89. The van der Waals surface area contributed by atoms with Gasteiger partial charge in [-0.2, -0.15) is 0 Å². The van der Waals surface area contributed by atoms with Crippen molar-refractivity contribution in [1.82, 2.24) is 15.1 Å². The van der Waals surface area contributed by atoms with Gasteiger partial charge in [0.25, 0.3) is 0 Å². The zero-order valence-electron chi connectivity index (χ0n) is 14.1. The first kappa shape index (κ1) is 14.9. The Balaban J connectivity index is 1.36. The number of carbonyl (C=O) groups is 1. The minimum atomic E-state index is -0.145. The lowest BCUT2D eigenvalue weighted by Crippen LogP contribution is -2.37. The average molecular weight is 338 g/mol. The molecular formula is C19H22N4O2. The molecule has 0 spiro atoms. The van der Waals surface area contributed by atoms with E-state index in [1.807, 2.05) is 35.2 Å². The molecule has 2 aliphatic carbocycles. The fourth-order valence-electron chi connectivity index (χ4n) is 4.45. The lowest BCUT2D eigenvalue weighted by Gasteiger charge is -2.24. The molecule has 0 unspecified atom stereocenters. The van der Waals surface area contributed by atoms with E-state index in [9.17, 15) is 4.79 Å². The molecule has 5 rings (SSSR count). The van der Waals surface area contributed by atoms with Gasteiger partial charge >= 0.3 is 6.03 Å². The topological polar surface area (TPSA) is 71.3 Å². The van der Waals surface area contributed by atoms with Crippen molar-refractivity contribution in [3.05, 3.63) is 42.1 Å². The first-order chi connectivity index (χ1) is 12.2. The molecule has 1 aromatic heterocycles. The van der Waals surface area contributed by atoms with Gasteiger partial charge in [0, 0.05) is 24.7 Å². The summed E-state index contributed by atoms with van der Waals surface area (Å²) in [5.41, 5.74) is 0.682. The highest BCUT2D eigenvalue weighted by Gasteiger charge is 2.55. The van der Waals surface area contributed by atoms with Crippen LogP contribution in [0, 0.1) is 5.92 Å². The molecule has 1 saturated heterocycles. The third-order valence-corrected chi connectivity index (χ3v) is 5.98. The van der Waals surface area contributed by atoms with Crippen molar-refractivity contribution >= 4 is 11.7 Å². The number of fused-ring (bicyclic) bond motifs is 1. The van der Waals surface area contributed by atoms with Gasteiger partial charge in [-0.05, 0) is 43.7 Å². The SMILES string of the molecule is O=C(Nc1ccccc1)N1C[C@@H]2CCC[C@]2(c2nnc(C3CC3)o2)C1. The predicted octanol–water partition coefficient (Wildman–Crippen LogP) is 3.53. The molecule has 0 bridgehead atoms. The molecule has 2 saturated carbocycles. The number of likely N-dealkylation sites (tertiary alicyclic amines) is 1. The van der Waals surface area contributed by atoms with Crippen molar-refractivity contribution in [1.29, 1.82) is 0 Å². The maximum absolute atomic E-state index is 12.7. The van der Waals surface area contributed by atoms with Gasteiger partial charge in [0.15, 0.2) is 0 Å². The third-order valence-electron chi connectivity index (χ3n) is 5.98. The van der Waals surface area contributed by atoms with E-state index in [1.165, 1.54) is 6.42 Å². The van der Waals surface area contributed by atoms with Crippen LogP contribution in [0.5, 0.6) is 0 Å². The van der Waals surface area contributed by atoms with Crippen molar-refractivity contribution in [2.45, 2.75) is 43.4 Å². The van der Waals surface area contributed by atoms with Gasteiger partial charge < -0.3 is 14.6 Å². The number of hydrogen-bond donors (Lipinski definition) is 1. The molecule has 3 aliphatic rings. The second kappa shape index (κ2) is 5.58. The normalized spacial score (nSPS) is 28.2. The lowest BCUT2D eigenvalue weighted by atomic mass is 9.80. The Morgan fingerprint density at radius 2 is 2.04 bits per heavy atom. The minimum Gasteiger partial charge on any atom is -0.424 e. The summed E-state index contributed by atoms with van der Waals surface area (Å²) in [4.78, 5) is 14.6. The van der Waals surface area contributed by atoms with E-state index in [0.29, 0.717) is 18.4 Å². The summed E-state index contributed by atoms with van der Waals surface area (Å²) in [6.45, 7) is 1.43. The van der Waals surface area contributed by atoms with Crippen LogP contribution in [-0.2, 0) is 5.41 Å². The maximum Gasteiger partial charge on any atom is 0.321 e. The molecule has 2 heterocycles. The van der Waals surface area contributed by atoms with Crippen LogP contribution in [0.2, 0.25) is 0 Å². The number of rotatable bonds is 3. The van der Waals surface area contributed by atoms with Gasteiger partial charge in [0.1, 0.15) is 0 Å². The van der Waals surface area contributed by atoms with Crippen molar-refractivity contribution < 1.29 is 9.21 Å². The molecule has 1 aliphatic heterocycles. The summed E-state index contributed by atoms with van der Waals surface area (Å²) >= 11 is 0. The van der Waals surface area contributed by atoms with Crippen molar-refractivity contribution in [3.8, 4) is 0 Å². The van der Waals surface area contributed by atoms with Crippen LogP contribution in [0.4, 0.5) is 10.5 Å². The fourth-order valence-corrected chi connectivity index (χ4v) is 4.45. The number of anilines is 1. The van der Waals surface area contributed by atoms with Crippen LogP contribution in [0.15, 0.2) is 34.7 Å². The van der Waals surface area contributed by atoms with Crippen LogP contribution >= 0.6 is 0 Å². The van der Waals surface area contributed by atoms with E-state index < -0.39 is 0 Å². The number of hydrogen-bond acceptors (Lipinski definition) is 4. The molecule has 2 aromatic rings. The van der Waals surface area contributed by atoms with E-state index in [-0.39, 0.29) is 11.4 Å². The second-order valence-corrected chi connectivity index (χ2v) is 7.64. The number of nitrogens with one attached hydrogen (secondary N) is 1. The smallest absolute Gasteiger partial charge is 0.321 e. The summed E-state index contributed by atoms with van der Waals surface area (Å²) in [6.07, 6.45) is 5.63. The third kappa shape index (κ3) is 2.51. The lowest BCUT2D eigenvalue weighted by molar-refractivity contribution is 0.215. The van der Waals surface area contributed by atoms with Gasteiger partial charge in [0.05, 0.1) is 5.41 Å². The molecule has 0 radical (unpaired) electrons. The summed E-state index contributed by atoms with van der Waals surface area (Å²) in [7, 11) is 0. The monoisotopic (exact) mass is 338 g/mol. The summed E-state index contributed by atoms with van der Waals surface area (Å²) in [5, 5.41) is 11.7. The Morgan fingerprint density at radius 3 is 2.84 bits per heavy atom. The Kier molecular flexibility index (Phi) is 3.33. The fraction of sp³-hybridized carbons (Fsp3) is 0.526. The summed E-state index contributed by atoms with van der Waals surface area (Å²) < 4.78 is 6.06. The first-order valence-electron chi connectivity index (χ1n) is 9.19. The van der Waals surface area contributed by atoms with E-state index in [0.717, 1.165) is 49.7 Å². The number of urea groups is 1. The van der Waals surface area contributed by atoms with Gasteiger partial charge in [-0.25, -0.2) is 4.79 Å². The number of carbonyl (C=O) groups excluding carboxylic acids is 1. The Hall–Kier alpha value is -2.37. The molecule has 3 fully saturated rings. The molecule has 6 heteroatoms. The number of benzene rings is 1. The number of aromatic nitrogens is 2. The van der Waals surface area contributed by atoms with Gasteiger partial charge in [-0.1, -0.05) is 24.6 Å². The van der Waals surface area contributed by atoms with E-state index >= 15 is 0 Å². The van der Waals surface area contributed by atoms with E-state index in [4.69, 9.17) is 4.42 Å². The van der Waals surface area contributed by atoms with Gasteiger partial charge in [-0.15, -0.1) is 10.2 Å². The number of amides is 2. The Morgan fingerprint density at radius 1 is 1.20 bits per heavy atom. The van der Waals surface area contributed by atoms with E-state index in [2.05, 4.69) is 15.5 Å². The van der Waals surface area contributed by atoms with Crippen molar-refractivity contribution in [2.24, 2.45) is 5.92 Å². The predicted molar refractivity (Wildman–Crippen MR) is 92.3 cm³/mol. The number of para-hydroxylation sites is 1. The summed E-state index contributed by atoms with van der Waals surface area (Å²) in [6, 6.07) is 9.57. The van der Waals surface area contributed by atoms with Gasteiger partial charge in [-0.3, -0.25) is 0 Å². The zero-order chi connectivity index (χ0) is 16.9. The van der Waals surface area contributed by atoms with Crippen LogP contribution in [-0.4, -0.2) is 34.2 Å². The Bertz CT molecular complexity index is 786. The average Bonchev–Trinajstić information content (AvgIpc) is 3.06. The first-order valence-corrected chi connectivity index (χ1v) is 9.19. The molecular weight excluding hydrogens is 316 g/mol. The number of nitrogens with zero attached hydrogens (tertiary/aromatic N) is 3. The van der Waals surface area contributed by atoms with Crippen LogP contribution in [0.3, 0.4) is 0 Å². The molecule has 130 valence electrons. The Labute approximate surface area is 146 Å². The molecule has 1 N–H and O–H groups in total. The molecule has 2 amide bonds. The van der Waals surface area contributed by atoms with E-state index in [1.54, 1.807) is 0 Å². The highest BCUT2D eigenvalue weighted by Crippen LogP contribution is 2.51. The quantitative estimate of drug-likeness (QED) is 0.929. The molecule has 1 aromatic carbocycles. The van der Waals surface area contributed by atoms with Crippen molar-refractivity contribution in [2.75, 3.05) is 18.4 Å². The molecule has 6 nitrogen and oxygen atoms in total. The largest absolute Gasteiger partial charge is 0.424 e. The standard InChI is InChI=1S/C19H22N4O2/c24-18(20-15-6-2-1-3-7-15)23-11-14-5-4-10-19(14,12-23)17-22-21-16(25-17)13-8-9-13/h1-3,6-7,13-14H,4-5,8-12H2,(H,20,24)/t14-,19-/m0/s1. The summed E-state index contributed by atoms with van der Waals surface area (Å²) in [5.74, 6) is 2.44. The van der Waals surface area contributed by atoms with Crippen LogP contribution in [0.1, 0.15) is 49.8 Å². The van der Waals surface area contributed by atoms with Crippen molar-refractivity contribution in [3.63, 3.8) is 0 Å². The molecule has 2 atom stereocenters. The van der Waals surface area contributed by atoms with Crippen LogP contribution < -0.4 is 5.32 Å². The molecule has 25 heavy (non-hydrogen) atoms. The highest BCUT2D eigenvalue weighted by atomic mass is 16.4. The second-order valence-electron chi connectivity index (χ2n) is 7.64. The minimum absolute atomic E-state index is 0.0399. The maximum atomic E-state index is 12.7. The van der Waals surface area contributed by atoms with Crippen LogP contribution in [0.25, 0.3) is 0 Å². The zero-order valence-corrected chi connectivity index (χ0v) is 14.1. The van der Waals surface area contributed by atoms with Gasteiger partial charge in [0.2, 0.25) is 11.8 Å².